The van der Waals surface area contributed by atoms with Crippen LogP contribution in [0.3, 0.4) is 0 Å². The maximum absolute atomic E-state index is 9.96. The molecule has 0 aliphatic heterocycles. The van der Waals surface area contributed by atoms with Gasteiger partial charge >= 0.3 is 0 Å². The highest BCUT2D eigenvalue weighted by atomic mass is 16.3. The Labute approximate surface area is 56.0 Å². The smallest absolute Gasteiger partial charge is 0.0523 e. The maximum atomic E-state index is 9.96. The molecule has 0 saturated heterocycles. The summed E-state index contributed by atoms with van der Waals surface area (Å²) >= 11 is 0. The van der Waals surface area contributed by atoms with E-state index in [-0.39, 0.29) is 0 Å². The topological polar surface area (TPSA) is 32.7 Å². The summed E-state index contributed by atoms with van der Waals surface area (Å²) in [6, 6.07) is 0. The number of nitroso groups, excluding NO2 is 1. The molecule has 0 bridgehead atoms. The highest BCUT2D eigenvalue weighted by Gasteiger charge is 1.96. The molecule has 0 saturated carbocycles. The minimum atomic E-state index is 0.789. The monoisotopic (exact) mass is 130 g/mol. The van der Waals surface area contributed by atoms with Gasteiger partial charge in [0.1, 0.15) is 0 Å². The van der Waals surface area contributed by atoms with Crippen LogP contribution in [0, 0.1) is 4.91 Å². The zero-order valence-corrected chi connectivity index (χ0v) is 6.13. The van der Waals surface area contributed by atoms with Crippen molar-refractivity contribution in [1.29, 1.82) is 0 Å². The van der Waals surface area contributed by atoms with Crippen LogP contribution in [0.1, 0.15) is 26.7 Å². The Balaban J connectivity index is 3.29. The second-order valence-corrected chi connectivity index (χ2v) is 2.04. The van der Waals surface area contributed by atoms with Gasteiger partial charge in [-0.15, -0.1) is 4.91 Å². The SMILES string of the molecule is CCCN(CCC)N=O. The summed E-state index contributed by atoms with van der Waals surface area (Å²) in [7, 11) is 0. The Morgan fingerprint density at radius 1 is 1.22 bits per heavy atom. The van der Waals surface area contributed by atoms with Crippen molar-refractivity contribution in [3.8, 4) is 0 Å². The lowest BCUT2D eigenvalue weighted by Gasteiger charge is -2.11. The molecule has 0 amide bonds. The summed E-state index contributed by atoms with van der Waals surface area (Å²) in [5.74, 6) is 0. The first-order valence-electron chi connectivity index (χ1n) is 3.43. The first kappa shape index (κ1) is 8.40. The number of hydrogen-bond acceptors (Lipinski definition) is 2. The zero-order valence-electron chi connectivity index (χ0n) is 6.13. The fourth-order valence-corrected chi connectivity index (χ4v) is 0.710. The van der Waals surface area contributed by atoms with Crippen LogP contribution in [0.4, 0.5) is 0 Å². The molecular formula is C6H14N2O. The number of rotatable bonds is 5. The van der Waals surface area contributed by atoms with Gasteiger partial charge < -0.3 is 0 Å². The number of hydrogen-bond donors (Lipinski definition) is 0. The fourth-order valence-electron chi connectivity index (χ4n) is 0.710. The Bertz CT molecular complexity index is 69.5. The highest BCUT2D eigenvalue weighted by Crippen LogP contribution is 1.92. The molecule has 0 aliphatic carbocycles. The van der Waals surface area contributed by atoms with Crippen molar-refractivity contribution in [3.05, 3.63) is 4.91 Å². The van der Waals surface area contributed by atoms with Crippen LogP contribution in [-0.4, -0.2) is 18.1 Å². The molecule has 0 heterocycles. The molecule has 0 atom stereocenters. The van der Waals surface area contributed by atoms with Crippen molar-refractivity contribution in [1.82, 2.24) is 5.01 Å². The Kier molecular flexibility index (Phi) is 5.17. The van der Waals surface area contributed by atoms with Crippen LogP contribution in [-0.2, 0) is 0 Å². The maximum Gasteiger partial charge on any atom is 0.0523 e. The third-order valence-corrected chi connectivity index (χ3v) is 1.08. The average molecular weight is 130 g/mol. The molecule has 0 radical (unpaired) electrons. The van der Waals surface area contributed by atoms with Gasteiger partial charge in [-0.3, -0.25) is 5.01 Å². The molecule has 0 N–H and O–H groups in total. The summed E-state index contributed by atoms with van der Waals surface area (Å²) in [5.41, 5.74) is 0. The van der Waals surface area contributed by atoms with Gasteiger partial charge in [-0.2, -0.15) is 0 Å². The third-order valence-electron chi connectivity index (χ3n) is 1.08. The molecule has 0 aromatic carbocycles. The minimum Gasteiger partial charge on any atom is -0.261 e. The van der Waals surface area contributed by atoms with E-state index in [0.717, 1.165) is 25.9 Å². The van der Waals surface area contributed by atoms with Crippen molar-refractivity contribution in [2.75, 3.05) is 13.1 Å². The first-order valence-corrected chi connectivity index (χ1v) is 3.43. The minimum absolute atomic E-state index is 0.789. The molecular weight excluding hydrogens is 116 g/mol. The van der Waals surface area contributed by atoms with E-state index in [1.807, 2.05) is 13.8 Å². The lowest BCUT2D eigenvalue weighted by Crippen LogP contribution is -2.17. The molecule has 0 spiro atoms. The van der Waals surface area contributed by atoms with E-state index in [1.54, 1.807) is 5.01 Å². The van der Waals surface area contributed by atoms with Gasteiger partial charge in [-0.25, -0.2) is 0 Å². The van der Waals surface area contributed by atoms with Crippen molar-refractivity contribution in [2.45, 2.75) is 26.7 Å². The molecule has 0 aromatic heterocycles. The van der Waals surface area contributed by atoms with Crippen molar-refractivity contribution < 1.29 is 0 Å². The number of nitrogens with zero attached hydrogens (tertiary/aromatic N) is 2. The largest absolute Gasteiger partial charge is 0.261 e. The molecule has 0 aromatic rings. The predicted octanol–water partition coefficient (Wildman–Crippen LogP) is 1.79. The van der Waals surface area contributed by atoms with Gasteiger partial charge in [0.25, 0.3) is 0 Å². The van der Waals surface area contributed by atoms with Gasteiger partial charge in [0.05, 0.1) is 5.29 Å². The summed E-state index contributed by atoms with van der Waals surface area (Å²) in [6.07, 6.45) is 1.98. The summed E-state index contributed by atoms with van der Waals surface area (Å²) in [5, 5.41) is 4.41. The average Bonchev–Trinajstić information content (AvgIpc) is 1.88. The summed E-state index contributed by atoms with van der Waals surface area (Å²) in [6.45, 7) is 5.65. The summed E-state index contributed by atoms with van der Waals surface area (Å²) < 4.78 is 0. The van der Waals surface area contributed by atoms with Crippen LogP contribution in [0.2, 0.25) is 0 Å². The second kappa shape index (κ2) is 5.54. The highest BCUT2D eigenvalue weighted by molar-refractivity contribution is 4.46. The molecule has 9 heavy (non-hydrogen) atoms. The standard InChI is InChI=1S/C6H14N2O/c1-3-5-8(7-9)6-4-2/h3-6H2,1-2H3. The molecule has 0 rings (SSSR count). The van der Waals surface area contributed by atoms with E-state index in [0.29, 0.717) is 0 Å². The van der Waals surface area contributed by atoms with Crippen molar-refractivity contribution >= 4 is 0 Å². The Morgan fingerprint density at radius 3 is 1.89 bits per heavy atom. The van der Waals surface area contributed by atoms with Crippen LogP contribution in [0.25, 0.3) is 0 Å². The quantitative estimate of drug-likeness (QED) is 0.420. The normalized spacial score (nSPS) is 9.11. The van der Waals surface area contributed by atoms with E-state index in [2.05, 4.69) is 5.29 Å². The predicted molar refractivity (Wildman–Crippen MR) is 38.0 cm³/mol. The Morgan fingerprint density at radius 2 is 1.67 bits per heavy atom. The zero-order chi connectivity index (χ0) is 7.11. The lowest BCUT2D eigenvalue weighted by molar-refractivity contribution is 0.285. The van der Waals surface area contributed by atoms with Gasteiger partial charge in [0.2, 0.25) is 0 Å². The molecule has 0 aliphatic rings. The van der Waals surface area contributed by atoms with E-state index in [4.69, 9.17) is 0 Å². The van der Waals surface area contributed by atoms with E-state index in [9.17, 15) is 4.91 Å². The Hall–Kier alpha value is -0.600. The molecule has 3 heteroatoms. The van der Waals surface area contributed by atoms with Gasteiger partial charge in [0.15, 0.2) is 0 Å². The third kappa shape index (κ3) is 3.94. The summed E-state index contributed by atoms with van der Waals surface area (Å²) in [4.78, 5) is 9.96. The van der Waals surface area contributed by atoms with Gasteiger partial charge in [0, 0.05) is 13.1 Å². The van der Waals surface area contributed by atoms with E-state index < -0.39 is 0 Å². The second-order valence-electron chi connectivity index (χ2n) is 2.04. The lowest BCUT2D eigenvalue weighted by atomic mass is 10.4. The van der Waals surface area contributed by atoms with Gasteiger partial charge in [-0.05, 0) is 12.8 Å². The van der Waals surface area contributed by atoms with E-state index in [1.165, 1.54) is 0 Å². The van der Waals surface area contributed by atoms with Crippen LogP contribution < -0.4 is 0 Å². The molecule has 0 fully saturated rings. The molecule has 54 valence electrons. The van der Waals surface area contributed by atoms with Crippen molar-refractivity contribution in [3.63, 3.8) is 0 Å². The van der Waals surface area contributed by atoms with Crippen LogP contribution in [0.5, 0.6) is 0 Å². The van der Waals surface area contributed by atoms with Crippen molar-refractivity contribution in [2.24, 2.45) is 5.29 Å². The van der Waals surface area contributed by atoms with Crippen LogP contribution >= 0.6 is 0 Å². The molecule has 3 nitrogen and oxygen atoms in total. The molecule has 0 unspecified atom stereocenters. The first-order chi connectivity index (χ1) is 4.35. The van der Waals surface area contributed by atoms with Gasteiger partial charge in [-0.1, -0.05) is 13.8 Å². The van der Waals surface area contributed by atoms with E-state index >= 15 is 0 Å². The fraction of sp³-hybridized carbons (Fsp3) is 1.00. The van der Waals surface area contributed by atoms with Crippen LogP contribution in [0.15, 0.2) is 5.29 Å².